The molecular weight excluding hydrogens is 1480 g/mol. The normalized spacial score (nSPS) is 18.8. The molecule has 0 spiro atoms. The standard InChI is InChI=1S/C26H36ClNO7.C20H27ClN2O5.C15H17Cl2NO3.C11H20O4.C2HF3O2/c1-17(2)18(15-22(30)35-25(3,4)5)23(31)33-16-34-24(32)28(6)26(14-10-9-13-21(26)29)19-11-7-8-12-20(19)27;1-13(2)17(22)18(25)27-12-28-19(26)23(3)20(11-7-6-10-16(20)24)14-8-4-5-9-15(14)21;1-18(14(20)21-10-16)15(9-5-4-8-13(15)19)11-6-2-3-7-12(11)17;1-7(2)8(10(13)14)6-9(12)15-11(3,4)5;3-2(4,5)1(6)7/h7-8,11-12,17-18H,9-10,13-16H2,1-6H3;4-5,8-9,13,17H,6-7,10-12,22H2,1-3H3;2-3,6-7H,4-5,8-10H2,1H3;7-8H,6H2,1-5H3,(H,13,14);(H,6,7)/t18-,26-;17-,20-;15-;8-;/m0000./s1. The predicted octanol–water partition coefficient (Wildman–Crippen LogP) is 15.1. The molecule has 3 fully saturated rings. The number of carboxylic acids is 2. The molecule has 592 valence electrons. The maximum atomic E-state index is 13.1. The van der Waals surface area contributed by atoms with Gasteiger partial charge in [-0.3, -0.25) is 53.1 Å². The average molecular weight is 1580 g/mol. The third-order valence-electron chi connectivity index (χ3n) is 17.5. The number of nitrogens with two attached hydrogens (primary N) is 1. The molecule has 0 heterocycles. The third kappa shape index (κ3) is 27.5. The topological polar surface area (TPSA) is 346 Å². The summed E-state index contributed by atoms with van der Waals surface area (Å²) in [6.07, 6.45) is -0.370. The average Bonchev–Trinajstić information content (AvgIpc) is 0.766. The van der Waals surface area contributed by atoms with Crippen molar-refractivity contribution in [2.45, 2.75) is 213 Å². The number of carbonyl (C=O) groups is 12. The summed E-state index contributed by atoms with van der Waals surface area (Å²) < 4.78 is 67.3. The first-order valence-electron chi connectivity index (χ1n) is 34.3. The van der Waals surface area contributed by atoms with Crippen molar-refractivity contribution in [1.29, 1.82) is 0 Å². The van der Waals surface area contributed by atoms with Gasteiger partial charge in [0.1, 0.15) is 33.9 Å². The number of carboxylic acid groups (broad SMARTS) is 2. The number of benzene rings is 3. The monoisotopic (exact) mass is 1580 g/mol. The lowest BCUT2D eigenvalue weighted by Crippen LogP contribution is -2.54. The molecule has 6 rings (SSSR count). The minimum atomic E-state index is -5.08. The highest BCUT2D eigenvalue weighted by Crippen LogP contribution is 2.46. The number of rotatable bonds is 21. The highest BCUT2D eigenvalue weighted by molar-refractivity contribution is 6.32. The number of alkyl halides is 4. The Morgan fingerprint density at radius 3 is 1.03 bits per heavy atom. The van der Waals surface area contributed by atoms with E-state index in [9.17, 15) is 65.9 Å². The molecule has 25 nitrogen and oxygen atoms in total. The fourth-order valence-corrected chi connectivity index (χ4v) is 12.7. The molecule has 0 unspecified atom stereocenters. The second kappa shape index (κ2) is 42.7. The van der Waals surface area contributed by atoms with Gasteiger partial charge in [-0.2, -0.15) is 13.2 Å². The van der Waals surface area contributed by atoms with Crippen molar-refractivity contribution in [3.8, 4) is 0 Å². The van der Waals surface area contributed by atoms with E-state index < -0.39 is 120 Å². The number of ether oxygens (including phenoxy) is 7. The lowest BCUT2D eigenvalue weighted by Gasteiger charge is -2.43. The zero-order valence-electron chi connectivity index (χ0n) is 62.6. The number of likely N-dealkylation sites (N-methyl/N-ethyl adjacent to an activating group) is 3. The number of hydrogen-bond donors (Lipinski definition) is 3. The van der Waals surface area contributed by atoms with Gasteiger partial charge in [0, 0.05) is 72.2 Å². The van der Waals surface area contributed by atoms with Crippen molar-refractivity contribution in [3.63, 3.8) is 0 Å². The first-order valence-corrected chi connectivity index (χ1v) is 36.0. The highest BCUT2D eigenvalue weighted by Gasteiger charge is 2.52. The van der Waals surface area contributed by atoms with Crippen LogP contribution in [-0.4, -0.2) is 161 Å². The second-order valence-corrected chi connectivity index (χ2v) is 29.7. The number of amides is 3. The van der Waals surface area contributed by atoms with Crippen LogP contribution < -0.4 is 5.73 Å². The summed E-state index contributed by atoms with van der Waals surface area (Å²) in [5.74, 6) is -8.02. The largest absolute Gasteiger partial charge is 0.490 e. The van der Waals surface area contributed by atoms with Crippen LogP contribution in [0.1, 0.15) is 190 Å². The van der Waals surface area contributed by atoms with Crippen LogP contribution in [0, 0.1) is 29.6 Å². The van der Waals surface area contributed by atoms with Gasteiger partial charge in [0.05, 0.1) is 24.7 Å². The smallest absolute Gasteiger partial charge is 0.481 e. The van der Waals surface area contributed by atoms with Crippen molar-refractivity contribution < 1.29 is 114 Å². The van der Waals surface area contributed by atoms with E-state index in [4.69, 9.17) is 100 Å². The Morgan fingerprint density at radius 2 is 0.774 bits per heavy atom. The van der Waals surface area contributed by atoms with Gasteiger partial charge in [0.2, 0.25) is 13.6 Å². The molecule has 3 amide bonds. The van der Waals surface area contributed by atoms with E-state index >= 15 is 0 Å². The molecular formula is C74H101Cl4F3N4O21. The number of esters is 4. The number of hydrogen-bond acceptors (Lipinski definition) is 20. The molecule has 0 aromatic heterocycles. The molecule has 0 radical (unpaired) electrons. The van der Waals surface area contributed by atoms with Crippen LogP contribution in [0.3, 0.4) is 0 Å². The van der Waals surface area contributed by atoms with Crippen molar-refractivity contribution in [2.24, 2.45) is 35.3 Å². The van der Waals surface area contributed by atoms with Gasteiger partial charge in [-0.15, -0.1) is 0 Å². The molecule has 0 bridgehead atoms. The van der Waals surface area contributed by atoms with Crippen LogP contribution >= 0.6 is 46.4 Å². The Bertz CT molecular complexity index is 3510. The number of aliphatic carboxylic acids is 2. The third-order valence-corrected chi connectivity index (χ3v) is 18.6. The number of halogens is 7. The van der Waals surface area contributed by atoms with E-state index in [-0.39, 0.29) is 54.0 Å². The molecule has 0 saturated heterocycles. The van der Waals surface area contributed by atoms with Gasteiger partial charge in [-0.1, -0.05) is 143 Å². The molecule has 3 aliphatic rings. The Kier molecular flexibility index (Phi) is 38.0. The fourth-order valence-electron chi connectivity index (χ4n) is 11.8. The minimum absolute atomic E-state index is 0.0177. The molecule has 3 aromatic carbocycles. The summed E-state index contributed by atoms with van der Waals surface area (Å²) in [5, 5.41) is 17.3. The lowest BCUT2D eigenvalue weighted by atomic mass is 9.74. The van der Waals surface area contributed by atoms with Crippen molar-refractivity contribution in [3.05, 3.63) is 105 Å². The Hall–Kier alpha value is -7.79. The summed E-state index contributed by atoms with van der Waals surface area (Å²) in [5.41, 5.74) is 2.70. The lowest BCUT2D eigenvalue weighted by molar-refractivity contribution is -0.192. The second-order valence-electron chi connectivity index (χ2n) is 28.3. The maximum absolute atomic E-state index is 13.1. The Morgan fingerprint density at radius 1 is 0.481 bits per heavy atom. The number of carbonyl (C=O) groups excluding carboxylic acids is 10. The van der Waals surface area contributed by atoms with E-state index in [0.717, 1.165) is 38.5 Å². The summed E-state index contributed by atoms with van der Waals surface area (Å²) in [6, 6.07) is 20.0. The van der Waals surface area contributed by atoms with Crippen LogP contribution in [0.15, 0.2) is 72.8 Å². The van der Waals surface area contributed by atoms with Crippen LogP contribution in [-0.2, 0) is 92.9 Å². The molecule has 3 aromatic rings. The van der Waals surface area contributed by atoms with Crippen LogP contribution in [0.4, 0.5) is 27.6 Å². The quantitative estimate of drug-likeness (QED) is 0.0386. The predicted molar refractivity (Wildman–Crippen MR) is 387 cm³/mol. The molecule has 3 aliphatic carbocycles. The van der Waals surface area contributed by atoms with Crippen LogP contribution in [0.2, 0.25) is 15.1 Å². The van der Waals surface area contributed by atoms with Crippen LogP contribution in [0.25, 0.3) is 0 Å². The minimum Gasteiger partial charge on any atom is -0.481 e. The van der Waals surface area contributed by atoms with E-state index in [2.05, 4.69) is 0 Å². The van der Waals surface area contributed by atoms with Crippen molar-refractivity contribution >= 4 is 118 Å². The van der Waals surface area contributed by atoms with Gasteiger partial charge in [-0.05, 0) is 135 Å². The summed E-state index contributed by atoms with van der Waals surface area (Å²) in [4.78, 5) is 148. The van der Waals surface area contributed by atoms with E-state index in [1.165, 1.54) is 28.8 Å². The fraction of sp³-hybridized carbons (Fsp3) is 0.595. The van der Waals surface area contributed by atoms with Gasteiger partial charge in [0.25, 0.3) is 0 Å². The van der Waals surface area contributed by atoms with E-state index in [1.807, 2.05) is 6.07 Å². The van der Waals surface area contributed by atoms with Crippen molar-refractivity contribution in [1.82, 2.24) is 14.7 Å². The van der Waals surface area contributed by atoms with E-state index in [0.29, 0.717) is 70.3 Å². The zero-order chi connectivity index (χ0) is 81.0. The number of nitrogens with zero attached hydrogens (tertiary/aromatic N) is 3. The van der Waals surface area contributed by atoms with Gasteiger partial charge < -0.3 is 49.1 Å². The Balaban J connectivity index is 0.000000482. The Labute approximate surface area is 637 Å². The summed E-state index contributed by atoms with van der Waals surface area (Å²) >= 11 is 24.5. The van der Waals surface area contributed by atoms with Gasteiger partial charge >= 0.3 is 60.3 Å². The number of ketones is 3. The number of Topliss-reactive ketones (excluding diaryl/α,β-unsaturated/α-hetero) is 3. The molecule has 6 atom stereocenters. The summed E-state index contributed by atoms with van der Waals surface area (Å²) in [7, 11) is 4.54. The molecule has 106 heavy (non-hydrogen) atoms. The molecule has 32 heteroatoms. The summed E-state index contributed by atoms with van der Waals surface area (Å²) in [6.45, 7) is 20.0. The maximum Gasteiger partial charge on any atom is 0.490 e. The van der Waals surface area contributed by atoms with E-state index in [1.54, 1.807) is 157 Å². The first kappa shape index (κ1) is 94.3. The molecule has 3 saturated carbocycles. The van der Waals surface area contributed by atoms with Gasteiger partial charge in [-0.25, -0.2) is 19.2 Å². The first-order chi connectivity index (χ1) is 49.1. The zero-order valence-corrected chi connectivity index (χ0v) is 65.7. The molecule has 0 aliphatic heterocycles. The van der Waals surface area contributed by atoms with Gasteiger partial charge in [0.15, 0.2) is 23.4 Å². The molecule has 4 N–H and O–H groups in total. The van der Waals surface area contributed by atoms with Crippen LogP contribution in [0.5, 0.6) is 0 Å². The SMILES string of the molecule is CC(C)[C@H](CC(=O)OC(C)(C)C)C(=O)O.CC(C)[C@H](CC(=O)OC(C)(C)C)C(=O)OCOC(=O)N(C)[C@]1(c2ccccc2Cl)CCCCC1=O.CC(C)[C@H](N)C(=O)OCOC(=O)N(C)[C@]1(c2ccccc2Cl)CCCCC1=O.CN(C(=O)OCCl)[C@]1(c2ccccc2Cl)CCCCC1=O.O=C(O)C(F)(F)F. The highest BCUT2D eigenvalue weighted by atomic mass is 35.5. The van der Waals surface area contributed by atoms with Crippen molar-refractivity contribution in [2.75, 3.05) is 40.8 Å².